The number of amides is 1. The van der Waals surface area contributed by atoms with Gasteiger partial charge in [-0.3, -0.25) is 14.4 Å². The van der Waals surface area contributed by atoms with Crippen LogP contribution in [0, 0.1) is 18.6 Å². The molecule has 4 rings (SSSR count). The van der Waals surface area contributed by atoms with E-state index in [2.05, 4.69) is 10.3 Å². The number of fused-ring (bicyclic) bond motifs is 1. The summed E-state index contributed by atoms with van der Waals surface area (Å²) >= 11 is 0. The average molecular weight is 463 g/mol. The van der Waals surface area contributed by atoms with E-state index in [1.807, 2.05) is 0 Å². The summed E-state index contributed by atoms with van der Waals surface area (Å²) in [5, 5.41) is 2.44. The summed E-state index contributed by atoms with van der Waals surface area (Å²) in [7, 11) is 1.41. The fourth-order valence-electron chi connectivity index (χ4n) is 3.56. The van der Waals surface area contributed by atoms with Crippen molar-refractivity contribution < 1.29 is 23.1 Å². The van der Waals surface area contributed by atoms with Crippen LogP contribution in [0.25, 0.3) is 11.0 Å². The predicted molar refractivity (Wildman–Crippen MR) is 122 cm³/mol. The summed E-state index contributed by atoms with van der Waals surface area (Å²) < 4.78 is 34.0. The Balaban J connectivity index is 1.79. The fourth-order valence-corrected chi connectivity index (χ4v) is 3.56. The first-order valence-electron chi connectivity index (χ1n) is 10.2. The average Bonchev–Trinajstić information content (AvgIpc) is 2.82. The van der Waals surface area contributed by atoms with Gasteiger partial charge in [0.1, 0.15) is 29.6 Å². The molecule has 0 aliphatic rings. The Labute approximate surface area is 192 Å². The molecule has 0 fully saturated rings. The van der Waals surface area contributed by atoms with Crippen molar-refractivity contribution in [1.29, 1.82) is 0 Å². The van der Waals surface area contributed by atoms with Crippen LogP contribution >= 0.6 is 0 Å². The number of halogens is 2. The Morgan fingerprint density at radius 1 is 1.06 bits per heavy atom. The van der Waals surface area contributed by atoms with Crippen molar-refractivity contribution >= 4 is 28.4 Å². The Morgan fingerprint density at radius 3 is 2.59 bits per heavy atom. The van der Waals surface area contributed by atoms with E-state index in [4.69, 9.17) is 4.74 Å². The van der Waals surface area contributed by atoms with Gasteiger partial charge < -0.3 is 14.6 Å². The summed E-state index contributed by atoms with van der Waals surface area (Å²) in [6.45, 7) is 1.31. The number of carbonyl (C=O) groups is 2. The third kappa shape index (κ3) is 4.40. The highest BCUT2D eigenvalue weighted by Crippen LogP contribution is 2.22. The Morgan fingerprint density at radius 2 is 1.82 bits per heavy atom. The number of para-hydroxylation sites is 1. The molecule has 2 aromatic carbocycles. The van der Waals surface area contributed by atoms with Crippen LogP contribution in [0.4, 0.5) is 14.5 Å². The van der Waals surface area contributed by atoms with Crippen LogP contribution in [0.3, 0.4) is 0 Å². The predicted octanol–water partition coefficient (Wildman–Crippen LogP) is 3.86. The zero-order valence-electron chi connectivity index (χ0n) is 18.3. The van der Waals surface area contributed by atoms with Crippen molar-refractivity contribution in [1.82, 2.24) is 9.55 Å². The van der Waals surface area contributed by atoms with Crippen LogP contribution in [0.2, 0.25) is 0 Å². The van der Waals surface area contributed by atoms with E-state index in [-0.39, 0.29) is 27.8 Å². The molecule has 1 N–H and O–H groups in total. The van der Waals surface area contributed by atoms with Gasteiger partial charge in [-0.05, 0) is 43.3 Å². The number of hydrogen-bond donors (Lipinski definition) is 1. The van der Waals surface area contributed by atoms with E-state index < -0.39 is 35.3 Å². The summed E-state index contributed by atoms with van der Waals surface area (Å²) in [4.78, 5) is 43.4. The van der Waals surface area contributed by atoms with Gasteiger partial charge in [0.05, 0.1) is 29.3 Å². The molecule has 34 heavy (non-hydrogen) atoms. The van der Waals surface area contributed by atoms with Gasteiger partial charge in [-0.15, -0.1) is 0 Å². The molecule has 0 spiro atoms. The van der Waals surface area contributed by atoms with Crippen molar-refractivity contribution in [2.24, 2.45) is 0 Å². The van der Waals surface area contributed by atoms with Crippen LogP contribution in [0.15, 0.2) is 65.6 Å². The van der Waals surface area contributed by atoms with Crippen LogP contribution < -0.4 is 15.5 Å². The molecule has 1 amide bonds. The third-order valence-corrected chi connectivity index (χ3v) is 5.17. The van der Waals surface area contributed by atoms with E-state index in [1.165, 1.54) is 30.0 Å². The van der Waals surface area contributed by atoms with E-state index in [9.17, 15) is 23.2 Å². The molecule has 7 nitrogen and oxygen atoms in total. The van der Waals surface area contributed by atoms with Gasteiger partial charge in [-0.25, -0.2) is 13.8 Å². The van der Waals surface area contributed by atoms with Crippen LogP contribution in [-0.2, 0) is 11.3 Å². The van der Waals surface area contributed by atoms with Gasteiger partial charge in [0, 0.05) is 18.0 Å². The van der Waals surface area contributed by atoms with E-state index >= 15 is 0 Å². The van der Waals surface area contributed by atoms with E-state index in [1.54, 1.807) is 31.2 Å². The minimum atomic E-state index is -0.805. The second-order valence-corrected chi connectivity index (χ2v) is 7.53. The van der Waals surface area contributed by atoms with Gasteiger partial charge in [0.2, 0.25) is 17.1 Å². The molecule has 2 heterocycles. The quantitative estimate of drug-likeness (QED) is 0.439. The van der Waals surface area contributed by atoms with Gasteiger partial charge in [0.15, 0.2) is 0 Å². The number of hydrogen-bond acceptors (Lipinski definition) is 5. The van der Waals surface area contributed by atoms with Crippen molar-refractivity contribution in [2.75, 3.05) is 12.4 Å². The molecule has 0 saturated heterocycles. The summed E-state index contributed by atoms with van der Waals surface area (Å²) in [6, 6.07) is 12.3. The molecule has 172 valence electrons. The summed E-state index contributed by atoms with van der Waals surface area (Å²) in [6.07, 6.45) is 1.24. The summed E-state index contributed by atoms with van der Waals surface area (Å²) in [5.41, 5.74) is -0.125. The Kier molecular flexibility index (Phi) is 6.18. The van der Waals surface area contributed by atoms with Crippen molar-refractivity contribution in [3.05, 3.63) is 99.5 Å². The number of methoxy groups -OCH3 is 1. The number of benzene rings is 2. The van der Waals surface area contributed by atoms with Crippen LogP contribution in [0.1, 0.15) is 21.6 Å². The molecule has 0 aliphatic carbocycles. The molecule has 0 aliphatic heterocycles. The second-order valence-electron chi connectivity index (χ2n) is 7.53. The third-order valence-electron chi connectivity index (χ3n) is 5.17. The summed E-state index contributed by atoms with van der Waals surface area (Å²) in [5.74, 6) is -2.52. The molecule has 4 aromatic rings. The monoisotopic (exact) mass is 463 g/mol. The molecule has 0 radical (unpaired) electrons. The molecule has 0 atom stereocenters. The Bertz CT molecular complexity index is 1500. The van der Waals surface area contributed by atoms with Gasteiger partial charge in [-0.1, -0.05) is 12.1 Å². The number of carbonyl (C=O) groups excluding carboxylic acids is 2. The van der Waals surface area contributed by atoms with Crippen LogP contribution in [-0.4, -0.2) is 28.4 Å². The smallest absolute Gasteiger partial charge is 0.244 e. The van der Waals surface area contributed by atoms with Gasteiger partial charge in [0.25, 0.3) is 0 Å². The van der Waals surface area contributed by atoms with Crippen molar-refractivity contribution in [3.8, 4) is 5.75 Å². The number of ether oxygens (including phenoxy) is 1. The first-order valence-corrected chi connectivity index (χ1v) is 10.2. The first kappa shape index (κ1) is 22.8. The number of rotatable bonds is 6. The SMILES string of the molecule is COc1ccccc1C(=O)c1cn(CC(=O)Nc2cc(F)ccc2F)c2nc(C)ccc2c1=O. The lowest BCUT2D eigenvalue weighted by Gasteiger charge is -2.14. The highest BCUT2D eigenvalue weighted by molar-refractivity contribution is 6.11. The van der Waals surface area contributed by atoms with Gasteiger partial charge >= 0.3 is 0 Å². The highest BCUT2D eigenvalue weighted by atomic mass is 19.1. The number of ketones is 1. The second kappa shape index (κ2) is 9.22. The first-order chi connectivity index (χ1) is 16.3. The normalized spacial score (nSPS) is 10.8. The maximum Gasteiger partial charge on any atom is 0.244 e. The van der Waals surface area contributed by atoms with E-state index in [0.717, 1.165) is 18.2 Å². The standard InChI is InChI=1S/C25H19F2N3O4/c1-14-7-9-17-24(33)18(23(32)16-5-3-4-6-21(16)34-2)12-30(25(17)28-14)13-22(31)29-20-11-15(26)8-10-19(20)27/h3-12H,13H2,1-2H3,(H,29,31). The lowest BCUT2D eigenvalue weighted by molar-refractivity contribution is -0.116. The van der Waals surface area contributed by atoms with E-state index in [0.29, 0.717) is 11.4 Å². The van der Waals surface area contributed by atoms with Crippen LogP contribution in [0.5, 0.6) is 5.75 Å². The molecule has 0 saturated carbocycles. The molecule has 0 unspecified atom stereocenters. The van der Waals surface area contributed by atoms with Crippen molar-refractivity contribution in [2.45, 2.75) is 13.5 Å². The van der Waals surface area contributed by atoms with Gasteiger partial charge in [-0.2, -0.15) is 0 Å². The number of anilines is 1. The number of nitrogens with zero attached hydrogens (tertiary/aromatic N) is 2. The fraction of sp³-hybridized carbons (Fsp3) is 0.120. The zero-order valence-corrected chi connectivity index (χ0v) is 18.3. The molecule has 0 bridgehead atoms. The molecule has 2 aromatic heterocycles. The molecular formula is C25H19F2N3O4. The zero-order chi connectivity index (χ0) is 24.4. The highest BCUT2D eigenvalue weighted by Gasteiger charge is 2.21. The molecular weight excluding hydrogens is 444 g/mol. The minimum absolute atomic E-state index is 0.135. The topological polar surface area (TPSA) is 90.3 Å². The number of aromatic nitrogens is 2. The number of aryl methyl sites for hydroxylation is 1. The number of pyridine rings is 2. The maximum absolute atomic E-state index is 14.0. The largest absolute Gasteiger partial charge is 0.496 e. The minimum Gasteiger partial charge on any atom is -0.496 e. The lowest BCUT2D eigenvalue weighted by Crippen LogP contribution is -2.25. The van der Waals surface area contributed by atoms with Crippen molar-refractivity contribution in [3.63, 3.8) is 0 Å². The number of nitrogens with one attached hydrogen (secondary N) is 1. The lowest BCUT2D eigenvalue weighted by atomic mass is 10.0. The maximum atomic E-state index is 14.0. The Hall–Kier alpha value is -4.40. The molecule has 9 heteroatoms.